The average Bonchev–Trinajstić information content (AvgIpc) is 2.82. The highest BCUT2D eigenvalue weighted by atomic mass is 16.3. The summed E-state index contributed by atoms with van der Waals surface area (Å²) < 4.78 is 0. The van der Waals surface area contributed by atoms with Gasteiger partial charge in [0, 0.05) is 12.0 Å². The third-order valence-electron chi connectivity index (χ3n) is 3.84. The van der Waals surface area contributed by atoms with E-state index in [1.54, 1.807) is 0 Å². The molecule has 1 rings (SSSR count). The summed E-state index contributed by atoms with van der Waals surface area (Å²) in [6, 6.07) is -0.396. The van der Waals surface area contributed by atoms with Gasteiger partial charge in [-0.2, -0.15) is 0 Å². The molecule has 0 spiro atoms. The van der Waals surface area contributed by atoms with E-state index in [4.69, 9.17) is 5.73 Å². The van der Waals surface area contributed by atoms with Crippen LogP contribution in [0.25, 0.3) is 0 Å². The fourth-order valence-corrected chi connectivity index (χ4v) is 2.48. The first-order valence-corrected chi connectivity index (χ1v) is 6.78. The van der Waals surface area contributed by atoms with Gasteiger partial charge in [0.15, 0.2) is 0 Å². The molecule has 0 aromatic rings. The Morgan fingerprint density at radius 3 is 2.65 bits per heavy atom. The number of amides is 1. The normalized spacial score (nSPS) is 20.2. The number of carbonyl (C=O) groups is 1. The van der Waals surface area contributed by atoms with Crippen LogP contribution in [0.15, 0.2) is 0 Å². The van der Waals surface area contributed by atoms with Crippen molar-refractivity contribution in [3.8, 4) is 0 Å². The summed E-state index contributed by atoms with van der Waals surface area (Å²) in [6.07, 6.45) is 7.11. The Hall–Kier alpha value is -0.610. The highest BCUT2D eigenvalue weighted by Crippen LogP contribution is 2.36. The molecule has 0 radical (unpaired) electrons. The fraction of sp³-hybridized carbons (Fsp3) is 0.923. The molecule has 4 nitrogen and oxygen atoms in total. The quantitative estimate of drug-likeness (QED) is 0.627. The molecule has 1 unspecified atom stereocenters. The molecule has 1 atom stereocenters. The van der Waals surface area contributed by atoms with Crippen molar-refractivity contribution in [3.05, 3.63) is 0 Å². The summed E-state index contributed by atoms with van der Waals surface area (Å²) in [5.74, 6) is -0.0711. The zero-order valence-electron chi connectivity index (χ0n) is 10.9. The van der Waals surface area contributed by atoms with Crippen LogP contribution in [0.2, 0.25) is 0 Å². The minimum absolute atomic E-state index is 0.0711. The maximum absolute atomic E-state index is 11.7. The number of carbonyl (C=O) groups excluding carboxylic acids is 1. The molecule has 1 fully saturated rings. The van der Waals surface area contributed by atoms with Gasteiger partial charge in [0.2, 0.25) is 5.91 Å². The number of rotatable bonds is 7. The van der Waals surface area contributed by atoms with Crippen LogP contribution in [0.4, 0.5) is 0 Å². The Labute approximate surface area is 104 Å². The van der Waals surface area contributed by atoms with Crippen LogP contribution in [-0.2, 0) is 4.79 Å². The van der Waals surface area contributed by atoms with Gasteiger partial charge >= 0.3 is 0 Å². The molecule has 4 N–H and O–H groups in total. The second-order valence-electron chi connectivity index (χ2n) is 5.33. The standard InChI is InChI=1S/C13H26N2O2/c1-2-3-6-11(14)12(17)15-9-13(10-16)7-4-5-8-13/h11,16H,2-10,14H2,1H3,(H,15,17). The molecule has 0 bridgehead atoms. The molecule has 1 aliphatic rings. The first kappa shape index (κ1) is 14.5. The second kappa shape index (κ2) is 6.97. The van der Waals surface area contributed by atoms with Crippen molar-refractivity contribution in [3.63, 3.8) is 0 Å². The molecule has 1 saturated carbocycles. The largest absolute Gasteiger partial charge is 0.396 e. The van der Waals surface area contributed by atoms with Crippen molar-refractivity contribution >= 4 is 5.91 Å². The fourth-order valence-electron chi connectivity index (χ4n) is 2.48. The predicted molar refractivity (Wildman–Crippen MR) is 68.5 cm³/mol. The third kappa shape index (κ3) is 4.28. The van der Waals surface area contributed by atoms with Crippen molar-refractivity contribution in [1.29, 1.82) is 0 Å². The Morgan fingerprint density at radius 2 is 2.12 bits per heavy atom. The van der Waals surface area contributed by atoms with Gasteiger partial charge in [-0.1, -0.05) is 32.6 Å². The van der Waals surface area contributed by atoms with Gasteiger partial charge < -0.3 is 16.2 Å². The van der Waals surface area contributed by atoms with Crippen LogP contribution in [0, 0.1) is 5.41 Å². The van der Waals surface area contributed by atoms with Crippen LogP contribution in [0.1, 0.15) is 51.9 Å². The lowest BCUT2D eigenvalue weighted by atomic mass is 9.87. The lowest BCUT2D eigenvalue weighted by Crippen LogP contribution is -2.45. The summed E-state index contributed by atoms with van der Waals surface area (Å²) >= 11 is 0. The van der Waals surface area contributed by atoms with Gasteiger partial charge in [-0.05, 0) is 19.3 Å². The van der Waals surface area contributed by atoms with E-state index in [-0.39, 0.29) is 17.9 Å². The molecule has 0 heterocycles. The predicted octanol–water partition coefficient (Wildman–Crippen LogP) is 1.17. The minimum atomic E-state index is -0.396. The van der Waals surface area contributed by atoms with Gasteiger partial charge in [0.05, 0.1) is 12.6 Å². The van der Waals surface area contributed by atoms with Crippen molar-refractivity contribution in [1.82, 2.24) is 5.32 Å². The minimum Gasteiger partial charge on any atom is -0.396 e. The van der Waals surface area contributed by atoms with E-state index in [0.29, 0.717) is 6.54 Å². The molecule has 0 saturated heterocycles. The zero-order valence-corrected chi connectivity index (χ0v) is 10.9. The van der Waals surface area contributed by atoms with Crippen LogP contribution >= 0.6 is 0 Å². The summed E-state index contributed by atoms with van der Waals surface area (Å²) in [5, 5.41) is 12.3. The number of hydrogen-bond acceptors (Lipinski definition) is 3. The van der Waals surface area contributed by atoms with Crippen molar-refractivity contribution in [2.24, 2.45) is 11.1 Å². The van der Waals surface area contributed by atoms with E-state index in [1.807, 2.05) is 0 Å². The first-order chi connectivity index (χ1) is 8.13. The molecule has 1 aliphatic carbocycles. The molecular formula is C13H26N2O2. The smallest absolute Gasteiger partial charge is 0.236 e. The number of unbranched alkanes of at least 4 members (excludes halogenated alkanes) is 1. The Balaban J connectivity index is 2.31. The average molecular weight is 242 g/mol. The van der Waals surface area contributed by atoms with Crippen LogP contribution in [0.5, 0.6) is 0 Å². The van der Waals surface area contributed by atoms with E-state index in [0.717, 1.165) is 44.9 Å². The molecule has 17 heavy (non-hydrogen) atoms. The Kier molecular flexibility index (Phi) is 5.92. The van der Waals surface area contributed by atoms with E-state index >= 15 is 0 Å². The van der Waals surface area contributed by atoms with Crippen molar-refractivity contribution in [2.75, 3.05) is 13.2 Å². The van der Waals surface area contributed by atoms with Crippen molar-refractivity contribution in [2.45, 2.75) is 57.9 Å². The lowest BCUT2D eigenvalue weighted by Gasteiger charge is -2.27. The second-order valence-corrected chi connectivity index (χ2v) is 5.33. The topological polar surface area (TPSA) is 75.4 Å². The SMILES string of the molecule is CCCCC(N)C(=O)NCC1(CO)CCCC1. The van der Waals surface area contributed by atoms with Crippen LogP contribution in [-0.4, -0.2) is 30.2 Å². The van der Waals surface area contributed by atoms with Gasteiger partial charge in [-0.3, -0.25) is 4.79 Å². The highest BCUT2D eigenvalue weighted by Gasteiger charge is 2.33. The van der Waals surface area contributed by atoms with E-state index in [1.165, 1.54) is 0 Å². The molecule has 0 aromatic heterocycles. The summed E-state index contributed by atoms with van der Waals surface area (Å²) in [6.45, 7) is 2.82. The molecular weight excluding hydrogens is 216 g/mol. The lowest BCUT2D eigenvalue weighted by molar-refractivity contribution is -0.123. The summed E-state index contributed by atoms with van der Waals surface area (Å²) in [5.41, 5.74) is 5.71. The third-order valence-corrected chi connectivity index (χ3v) is 3.84. The first-order valence-electron chi connectivity index (χ1n) is 6.78. The molecule has 0 aliphatic heterocycles. The van der Waals surface area contributed by atoms with Crippen LogP contribution in [0.3, 0.4) is 0 Å². The maximum atomic E-state index is 11.7. The maximum Gasteiger partial charge on any atom is 0.236 e. The molecule has 1 amide bonds. The van der Waals surface area contributed by atoms with Gasteiger partial charge in [0.1, 0.15) is 0 Å². The van der Waals surface area contributed by atoms with Gasteiger partial charge in [-0.25, -0.2) is 0 Å². The monoisotopic (exact) mass is 242 g/mol. The van der Waals surface area contributed by atoms with E-state index in [2.05, 4.69) is 12.2 Å². The van der Waals surface area contributed by atoms with E-state index in [9.17, 15) is 9.90 Å². The van der Waals surface area contributed by atoms with Crippen molar-refractivity contribution < 1.29 is 9.90 Å². The molecule has 4 heteroatoms. The van der Waals surface area contributed by atoms with Gasteiger partial charge in [0.25, 0.3) is 0 Å². The number of aliphatic hydroxyl groups excluding tert-OH is 1. The molecule has 100 valence electrons. The number of hydrogen-bond donors (Lipinski definition) is 3. The summed E-state index contributed by atoms with van der Waals surface area (Å²) in [4.78, 5) is 11.7. The highest BCUT2D eigenvalue weighted by molar-refractivity contribution is 5.81. The Morgan fingerprint density at radius 1 is 1.47 bits per heavy atom. The van der Waals surface area contributed by atoms with E-state index < -0.39 is 6.04 Å². The molecule has 0 aromatic carbocycles. The number of nitrogens with one attached hydrogen (secondary N) is 1. The number of aliphatic hydroxyl groups is 1. The zero-order chi connectivity index (χ0) is 12.7. The van der Waals surface area contributed by atoms with Crippen LogP contribution < -0.4 is 11.1 Å². The summed E-state index contributed by atoms with van der Waals surface area (Å²) in [7, 11) is 0. The Bertz CT molecular complexity index is 238. The van der Waals surface area contributed by atoms with Gasteiger partial charge in [-0.15, -0.1) is 0 Å². The number of nitrogens with two attached hydrogens (primary N) is 1.